The highest BCUT2D eigenvalue weighted by molar-refractivity contribution is 5.81. The second-order valence-electron chi connectivity index (χ2n) is 5.56. The Bertz CT molecular complexity index is 389. The number of nitrogens with zero attached hydrogens (tertiary/aromatic N) is 2. The number of nitrogens with one attached hydrogen (secondary N) is 1. The maximum absolute atomic E-state index is 11.9. The molecule has 0 saturated carbocycles. The van der Waals surface area contributed by atoms with Gasteiger partial charge in [0, 0.05) is 32.7 Å². The summed E-state index contributed by atoms with van der Waals surface area (Å²) in [7, 11) is 0. The van der Waals surface area contributed by atoms with Crippen molar-refractivity contribution in [3.8, 4) is 0 Å². The number of piperazine rings is 1. The van der Waals surface area contributed by atoms with Gasteiger partial charge in [0.25, 0.3) is 0 Å². The molecule has 3 amide bonds. The van der Waals surface area contributed by atoms with Gasteiger partial charge in [0.15, 0.2) is 0 Å². The Morgan fingerprint density at radius 2 is 1.75 bits per heavy atom. The highest BCUT2D eigenvalue weighted by atomic mass is 16.4. The number of amides is 3. The van der Waals surface area contributed by atoms with Gasteiger partial charge >= 0.3 is 12.0 Å². The lowest BCUT2D eigenvalue weighted by Crippen LogP contribution is -2.54. The number of carboxylic acid groups (broad SMARTS) is 1. The molecule has 8 heteroatoms. The molecule has 8 nitrogen and oxygen atoms in total. The van der Waals surface area contributed by atoms with Crippen molar-refractivity contribution in [3.05, 3.63) is 0 Å². The zero-order valence-electron chi connectivity index (χ0n) is 11.9. The van der Waals surface area contributed by atoms with Crippen molar-refractivity contribution >= 4 is 17.9 Å². The number of hydrogen-bond acceptors (Lipinski definition) is 4. The van der Waals surface area contributed by atoms with Crippen LogP contribution >= 0.6 is 0 Å². The summed E-state index contributed by atoms with van der Waals surface area (Å²) >= 11 is 0. The molecule has 1 saturated heterocycles. The van der Waals surface area contributed by atoms with Gasteiger partial charge in [0.2, 0.25) is 5.91 Å². The van der Waals surface area contributed by atoms with E-state index in [-0.39, 0.29) is 19.1 Å². The first kappa shape index (κ1) is 16.2. The number of carbonyl (C=O) groups excluding carboxylic acids is 2. The molecule has 0 aromatic rings. The van der Waals surface area contributed by atoms with Crippen molar-refractivity contribution < 1.29 is 19.5 Å². The third-order valence-electron chi connectivity index (χ3n) is 3.37. The average Bonchev–Trinajstić information content (AvgIpc) is 2.36. The number of carbonyl (C=O) groups is 3. The van der Waals surface area contributed by atoms with E-state index in [9.17, 15) is 14.4 Å². The van der Waals surface area contributed by atoms with Crippen LogP contribution in [0.3, 0.4) is 0 Å². The average molecular weight is 286 g/mol. The smallest absolute Gasteiger partial charge is 0.317 e. The molecule has 1 heterocycles. The molecule has 4 N–H and O–H groups in total. The van der Waals surface area contributed by atoms with Gasteiger partial charge in [-0.05, 0) is 13.8 Å². The van der Waals surface area contributed by atoms with Crippen molar-refractivity contribution in [2.75, 3.05) is 39.3 Å². The van der Waals surface area contributed by atoms with Crippen LogP contribution in [0.5, 0.6) is 0 Å². The van der Waals surface area contributed by atoms with Crippen molar-refractivity contribution in [1.29, 1.82) is 0 Å². The fraction of sp³-hybridized carbons (Fsp3) is 0.750. The van der Waals surface area contributed by atoms with Crippen LogP contribution in [0, 0.1) is 5.41 Å². The van der Waals surface area contributed by atoms with Crippen LogP contribution in [0.1, 0.15) is 13.8 Å². The number of urea groups is 1. The molecule has 1 rings (SSSR count). The third kappa shape index (κ3) is 4.69. The van der Waals surface area contributed by atoms with Crippen LogP contribution in [-0.4, -0.2) is 72.1 Å². The predicted octanol–water partition coefficient (Wildman–Crippen LogP) is -1.09. The Hall–Kier alpha value is -1.83. The molecule has 0 unspecified atom stereocenters. The fourth-order valence-corrected chi connectivity index (χ4v) is 1.80. The van der Waals surface area contributed by atoms with Gasteiger partial charge < -0.3 is 21.1 Å². The Balaban J connectivity index is 2.36. The molecule has 0 atom stereocenters. The summed E-state index contributed by atoms with van der Waals surface area (Å²) in [5.41, 5.74) is 4.44. The maximum atomic E-state index is 11.9. The van der Waals surface area contributed by atoms with E-state index in [1.54, 1.807) is 23.6 Å². The van der Waals surface area contributed by atoms with Gasteiger partial charge in [-0.15, -0.1) is 0 Å². The summed E-state index contributed by atoms with van der Waals surface area (Å²) < 4.78 is 0. The van der Waals surface area contributed by atoms with E-state index in [0.29, 0.717) is 26.2 Å². The van der Waals surface area contributed by atoms with Crippen LogP contribution in [0.4, 0.5) is 4.79 Å². The molecule has 0 aromatic carbocycles. The first-order chi connectivity index (χ1) is 9.22. The van der Waals surface area contributed by atoms with E-state index in [0.717, 1.165) is 0 Å². The van der Waals surface area contributed by atoms with Crippen molar-refractivity contribution in [1.82, 2.24) is 15.1 Å². The van der Waals surface area contributed by atoms with Gasteiger partial charge in [-0.1, -0.05) is 0 Å². The summed E-state index contributed by atoms with van der Waals surface area (Å²) in [5, 5.41) is 11.4. The van der Waals surface area contributed by atoms with Crippen molar-refractivity contribution in [2.24, 2.45) is 11.1 Å². The van der Waals surface area contributed by atoms with Gasteiger partial charge in [0.1, 0.15) is 0 Å². The normalized spacial score (nSPS) is 16.8. The highest BCUT2D eigenvalue weighted by Gasteiger charge is 2.27. The minimum atomic E-state index is -0.869. The zero-order chi connectivity index (χ0) is 15.3. The molecule has 1 fully saturated rings. The van der Waals surface area contributed by atoms with Gasteiger partial charge in [0.05, 0.1) is 12.0 Å². The topological polar surface area (TPSA) is 116 Å². The summed E-state index contributed by atoms with van der Waals surface area (Å²) in [6, 6.07) is -0.255. The second kappa shape index (κ2) is 6.56. The molecule has 1 aliphatic rings. The maximum Gasteiger partial charge on any atom is 0.317 e. The van der Waals surface area contributed by atoms with E-state index in [1.807, 2.05) is 0 Å². The molecule has 114 valence electrons. The molecule has 0 radical (unpaired) electrons. The molecule has 0 bridgehead atoms. The van der Waals surface area contributed by atoms with Crippen molar-refractivity contribution in [2.45, 2.75) is 13.8 Å². The lowest BCUT2D eigenvalue weighted by atomic mass is 9.93. The van der Waals surface area contributed by atoms with E-state index >= 15 is 0 Å². The first-order valence-electron chi connectivity index (χ1n) is 6.49. The summed E-state index contributed by atoms with van der Waals surface area (Å²) in [5.74, 6) is -1.34. The lowest BCUT2D eigenvalue weighted by molar-refractivity contribution is -0.138. The molecular weight excluding hydrogens is 264 g/mol. The minimum absolute atomic E-state index is 0.00976. The first-order valence-corrected chi connectivity index (χ1v) is 6.49. The monoisotopic (exact) mass is 286 g/mol. The predicted molar refractivity (Wildman–Crippen MR) is 72.0 cm³/mol. The Kier molecular flexibility index (Phi) is 5.32. The minimum Gasteiger partial charge on any atom is -0.480 e. The van der Waals surface area contributed by atoms with Gasteiger partial charge in [-0.3, -0.25) is 14.5 Å². The number of hydrogen-bond donors (Lipinski definition) is 3. The second-order valence-corrected chi connectivity index (χ2v) is 5.56. The number of aliphatic carboxylic acids is 1. The largest absolute Gasteiger partial charge is 0.480 e. The van der Waals surface area contributed by atoms with E-state index in [4.69, 9.17) is 10.8 Å². The number of primary amides is 1. The lowest BCUT2D eigenvalue weighted by Gasteiger charge is -2.34. The standard InChI is InChI=1S/C12H22N4O4/c1-12(2,10(13)19)8-14-11(20)16-5-3-15(4-6-16)7-9(17)18/h3-8H2,1-2H3,(H2,13,19)(H,14,20)(H,17,18). The summed E-state index contributed by atoms with van der Waals surface area (Å²) in [4.78, 5) is 37.0. The fourth-order valence-electron chi connectivity index (χ4n) is 1.80. The Morgan fingerprint density at radius 1 is 1.20 bits per heavy atom. The van der Waals surface area contributed by atoms with Crippen LogP contribution in [0.15, 0.2) is 0 Å². The quantitative estimate of drug-likeness (QED) is 0.594. The molecule has 0 spiro atoms. The molecule has 1 aliphatic heterocycles. The van der Waals surface area contributed by atoms with Gasteiger partial charge in [-0.25, -0.2) is 4.79 Å². The highest BCUT2D eigenvalue weighted by Crippen LogP contribution is 2.12. The summed E-state index contributed by atoms with van der Waals surface area (Å²) in [6.07, 6.45) is 0. The van der Waals surface area contributed by atoms with Crippen LogP contribution in [-0.2, 0) is 9.59 Å². The Labute approximate surface area is 117 Å². The molecular formula is C12H22N4O4. The van der Waals surface area contributed by atoms with Crippen LogP contribution in [0.25, 0.3) is 0 Å². The summed E-state index contributed by atoms with van der Waals surface area (Å²) in [6.45, 7) is 5.49. The van der Waals surface area contributed by atoms with E-state index in [1.165, 1.54) is 0 Å². The number of nitrogens with two attached hydrogens (primary N) is 1. The molecule has 0 aliphatic carbocycles. The van der Waals surface area contributed by atoms with Crippen LogP contribution < -0.4 is 11.1 Å². The Morgan fingerprint density at radius 3 is 2.20 bits per heavy atom. The molecule has 20 heavy (non-hydrogen) atoms. The van der Waals surface area contributed by atoms with E-state index < -0.39 is 17.3 Å². The zero-order valence-corrected chi connectivity index (χ0v) is 11.9. The number of carboxylic acids is 1. The number of rotatable bonds is 5. The molecule has 0 aromatic heterocycles. The van der Waals surface area contributed by atoms with Crippen molar-refractivity contribution in [3.63, 3.8) is 0 Å². The van der Waals surface area contributed by atoms with Crippen LogP contribution in [0.2, 0.25) is 0 Å². The third-order valence-corrected chi connectivity index (χ3v) is 3.37. The van der Waals surface area contributed by atoms with E-state index in [2.05, 4.69) is 5.32 Å². The van der Waals surface area contributed by atoms with Gasteiger partial charge in [-0.2, -0.15) is 0 Å². The SMILES string of the molecule is CC(C)(CNC(=O)N1CCN(CC(=O)O)CC1)C(N)=O.